The molecular weight excluding hydrogens is 388 g/mol. The Hall–Kier alpha value is -4.12. The Morgan fingerprint density at radius 3 is 2.32 bits per heavy atom. The third-order valence-electron chi connectivity index (χ3n) is 4.85. The van der Waals surface area contributed by atoms with Crippen molar-refractivity contribution in [2.75, 3.05) is 11.9 Å². The van der Waals surface area contributed by atoms with Gasteiger partial charge in [0.2, 0.25) is 0 Å². The predicted octanol–water partition coefficient (Wildman–Crippen LogP) is 4.79. The fraction of sp³-hybridized carbons (Fsp3) is 0.0769. The van der Waals surface area contributed by atoms with Gasteiger partial charge < -0.3 is 15.4 Å². The van der Waals surface area contributed by atoms with Crippen molar-refractivity contribution in [1.29, 1.82) is 0 Å². The molecule has 5 heteroatoms. The molecule has 0 aromatic heterocycles. The summed E-state index contributed by atoms with van der Waals surface area (Å²) < 4.78 is 5.75. The Morgan fingerprint density at radius 2 is 1.45 bits per heavy atom. The van der Waals surface area contributed by atoms with Gasteiger partial charge in [0.05, 0.1) is 11.3 Å². The summed E-state index contributed by atoms with van der Waals surface area (Å²) in [5.41, 5.74) is 1.84. The fourth-order valence-corrected chi connectivity index (χ4v) is 3.31. The molecule has 0 spiro atoms. The molecule has 0 saturated carbocycles. The van der Waals surface area contributed by atoms with Gasteiger partial charge in [-0.25, -0.2) is 0 Å². The number of carbonyl (C=O) groups is 2. The van der Waals surface area contributed by atoms with E-state index in [4.69, 9.17) is 4.74 Å². The summed E-state index contributed by atoms with van der Waals surface area (Å²) in [5.74, 6) is 0.0492. The highest BCUT2D eigenvalue weighted by Crippen LogP contribution is 2.25. The molecule has 2 amide bonds. The molecule has 0 heterocycles. The smallest absolute Gasteiger partial charge is 0.262 e. The lowest BCUT2D eigenvalue weighted by Gasteiger charge is -2.13. The second kappa shape index (κ2) is 9.59. The van der Waals surface area contributed by atoms with Gasteiger partial charge in [-0.3, -0.25) is 9.59 Å². The van der Waals surface area contributed by atoms with E-state index in [1.807, 2.05) is 72.8 Å². The maximum Gasteiger partial charge on any atom is 0.262 e. The molecule has 0 aliphatic heterocycles. The number of benzene rings is 4. The normalized spacial score (nSPS) is 10.5. The van der Waals surface area contributed by atoms with E-state index in [1.54, 1.807) is 24.3 Å². The van der Waals surface area contributed by atoms with Crippen LogP contribution in [0, 0.1) is 0 Å². The van der Waals surface area contributed by atoms with Crippen molar-refractivity contribution in [2.24, 2.45) is 0 Å². The minimum Gasteiger partial charge on any atom is -0.483 e. The van der Waals surface area contributed by atoms with Crippen molar-refractivity contribution >= 4 is 28.3 Å². The van der Waals surface area contributed by atoms with Crippen molar-refractivity contribution in [2.45, 2.75) is 6.54 Å². The number of amides is 2. The Kier molecular flexibility index (Phi) is 6.24. The maximum absolute atomic E-state index is 12.7. The number of anilines is 1. The first-order chi connectivity index (χ1) is 15.2. The van der Waals surface area contributed by atoms with Gasteiger partial charge in [0.15, 0.2) is 6.61 Å². The van der Waals surface area contributed by atoms with Crippen LogP contribution < -0.4 is 15.4 Å². The minimum atomic E-state index is -0.337. The molecule has 0 bridgehead atoms. The van der Waals surface area contributed by atoms with E-state index in [0.717, 1.165) is 16.3 Å². The highest BCUT2D eigenvalue weighted by molar-refractivity contribution is 6.04. The second-order valence-electron chi connectivity index (χ2n) is 7.03. The summed E-state index contributed by atoms with van der Waals surface area (Å²) in [7, 11) is 0. The van der Waals surface area contributed by atoms with Crippen molar-refractivity contribution in [3.05, 3.63) is 108 Å². The summed E-state index contributed by atoms with van der Waals surface area (Å²) in [4.78, 5) is 25.2. The number of hydrogen-bond acceptors (Lipinski definition) is 3. The minimum absolute atomic E-state index is 0.159. The monoisotopic (exact) mass is 410 g/mol. The molecule has 0 radical (unpaired) electrons. The molecular formula is C26H22N2O3. The van der Waals surface area contributed by atoms with Gasteiger partial charge in [-0.1, -0.05) is 78.9 Å². The third kappa shape index (κ3) is 5.08. The lowest BCUT2D eigenvalue weighted by atomic mass is 10.1. The van der Waals surface area contributed by atoms with Crippen LogP contribution in [-0.2, 0) is 11.3 Å². The van der Waals surface area contributed by atoms with Gasteiger partial charge >= 0.3 is 0 Å². The molecule has 0 atom stereocenters. The molecule has 0 aliphatic rings. The van der Waals surface area contributed by atoms with Crippen molar-refractivity contribution in [3.63, 3.8) is 0 Å². The van der Waals surface area contributed by atoms with E-state index in [2.05, 4.69) is 10.6 Å². The first kappa shape index (κ1) is 20.2. The van der Waals surface area contributed by atoms with Crippen molar-refractivity contribution in [1.82, 2.24) is 5.32 Å². The molecule has 2 N–H and O–H groups in total. The molecule has 5 nitrogen and oxygen atoms in total. The number of nitrogens with one attached hydrogen (secondary N) is 2. The lowest BCUT2D eigenvalue weighted by molar-refractivity contribution is -0.118. The van der Waals surface area contributed by atoms with E-state index >= 15 is 0 Å². The Morgan fingerprint density at radius 1 is 0.742 bits per heavy atom. The number of carbonyl (C=O) groups excluding carboxylic acids is 2. The summed E-state index contributed by atoms with van der Waals surface area (Å²) in [6.07, 6.45) is 0. The number of hydrogen-bond donors (Lipinski definition) is 2. The molecule has 154 valence electrons. The Labute approximate surface area is 180 Å². The first-order valence-electron chi connectivity index (χ1n) is 10.0. The van der Waals surface area contributed by atoms with E-state index < -0.39 is 0 Å². The fourth-order valence-electron chi connectivity index (χ4n) is 3.31. The topological polar surface area (TPSA) is 67.4 Å². The average molecular weight is 410 g/mol. The zero-order chi connectivity index (χ0) is 21.5. The molecule has 0 fully saturated rings. The van der Waals surface area contributed by atoms with Crippen LogP contribution >= 0.6 is 0 Å². The van der Waals surface area contributed by atoms with Gasteiger partial charge in [-0.15, -0.1) is 0 Å². The molecule has 31 heavy (non-hydrogen) atoms. The zero-order valence-corrected chi connectivity index (χ0v) is 16.9. The standard InChI is InChI=1S/C26H22N2O3/c29-25(18-31-24-16-8-12-20-11-4-5-13-21(20)24)28-23-15-7-6-14-22(23)26(30)27-17-19-9-2-1-3-10-19/h1-16H,17-18H2,(H,27,30)(H,28,29). The number of ether oxygens (including phenoxy) is 1. The zero-order valence-electron chi connectivity index (χ0n) is 16.9. The number of fused-ring (bicyclic) bond motifs is 1. The van der Waals surface area contributed by atoms with Crippen LogP contribution in [-0.4, -0.2) is 18.4 Å². The van der Waals surface area contributed by atoms with Crippen LogP contribution in [0.1, 0.15) is 15.9 Å². The lowest BCUT2D eigenvalue weighted by Crippen LogP contribution is -2.26. The van der Waals surface area contributed by atoms with Gasteiger partial charge in [0.1, 0.15) is 5.75 Å². The number of rotatable bonds is 7. The maximum atomic E-state index is 12.7. The van der Waals surface area contributed by atoms with E-state index in [-0.39, 0.29) is 18.4 Å². The van der Waals surface area contributed by atoms with Crippen LogP contribution in [0.4, 0.5) is 5.69 Å². The van der Waals surface area contributed by atoms with Crippen LogP contribution in [0.15, 0.2) is 97.1 Å². The second-order valence-corrected chi connectivity index (χ2v) is 7.03. The molecule has 0 unspecified atom stereocenters. The summed E-state index contributed by atoms with van der Waals surface area (Å²) in [6, 6.07) is 30.1. The van der Waals surface area contributed by atoms with Crippen molar-refractivity contribution < 1.29 is 14.3 Å². The number of para-hydroxylation sites is 1. The van der Waals surface area contributed by atoms with E-state index in [0.29, 0.717) is 23.5 Å². The Balaban J connectivity index is 1.40. The average Bonchev–Trinajstić information content (AvgIpc) is 2.82. The molecule has 0 aliphatic carbocycles. The summed E-state index contributed by atoms with van der Waals surface area (Å²) in [6.45, 7) is 0.250. The van der Waals surface area contributed by atoms with Crippen LogP contribution in [0.25, 0.3) is 10.8 Å². The van der Waals surface area contributed by atoms with Crippen LogP contribution in [0.5, 0.6) is 5.75 Å². The predicted molar refractivity (Wildman–Crippen MR) is 122 cm³/mol. The molecule has 4 aromatic carbocycles. The van der Waals surface area contributed by atoms with E-state index in [1.165, 1.54) is 0 Å². The highest BCUT2D eigenvalue weighted by Gasteiger charge is 2.13. The van der Waals surface area contributed by atoms with Gasteiger partial charge in [-0.2, -0.15) is 0 Å². The molecule has 4 rings (SSSR count). The van der Waals surface area contributed by atoms with E-state index in [9.17, 15) is 9.59 Å². The first-order valence-corrected chi connectivity index (χ1v) is 10.0. The quantitative estimate of drug-likeness (QED) is 0.460. The largest absolute Gasteiger partial charge is 0.483 e. The van der Waals surface area contributed by atoms with Crippen LogP contribution in [0.3, 0.4) is 0 Å². The Bertz CT molecular complexity index is 1200. The molecule has 0 saturated heterocycles. The van der Waals surface area contributed by atoms with Crippen LogP contribution in [0.2, 0.25) is 0 Å². The molecule has 4 aromatic rings. The summed E-state index contributed by atoms with van der Waals surface area (Å²) in [5, 5.41) is 7.65. The van der Waals surface area contributed by atoms with Gasteiger partial charge in [-0.05, 0) is 29.1 Å². The SMILES string of the molecule is O=C(COc1cccc2ccccc12)Nc1ccccc1C(=O)NCc1ccccc1. The van der Waals surface area contributed by atoms with Gasteiger partial charge in [0, 0.05) is 11.9 Å². The highest BCUT2D eigenvalue weighted by atomic mass is 16.5. The van der Waals surface area contributed by atoms with Gasteiger partial charge in [0.25, 0.3) is 11.8 Å². The summed E-state index contributed by atoms with van der Waals surface area (Å²) >= 11 is 0. The van der Waals surface area contributed by atoms with Crippen molar-refractivity contribution in [3.8, 4) is 5.75 Å². The third-order valence-corrected chi connectivity index (χ3v) is 4.85.